The molecule has 0 fully saturated rings. The highest BCUT2D eigenvalue weighted by Crippen LogP contribution is 2.27. The number of nitrogens with zero attached hydrogens (tertiary/aromatic N) is 2. The van der Waals surface area contributed by atoms with E-state index in [4.69, 9.17) is 5.73 Å². The molecule has 0 bridgehead atoms. The maximum Gasteiger partial charge on any atom is 0.227 e. The first-order valence-corrected chi connectivity index (χ1v) is 8.51. The number of rotatable bonds is 3. The van der Waals surface area contributed by atoms with Crippen molar-refractivity contribution in [3.63, 3.8) is 0 Å². The predicted octanol–water partition coefficient (Wildman–Crippen LogP) is 3.91. The van der Waals surface area contributed by atoms with E-state index < -0.39 is 0 Å². The second-order valence-corrected chi connectivity index (χ2v) is 6.51. The minimum Gasteiger partial charge on any atom is -0.399 e. The summed E-state index contributed by atoms with van der Waals surface area (Å²) in [4.78, 5) is 17.3. The van der Waals surface area contributed by atoms with Gasteiger partial charge in [-0.25, -0.2) is 0 Å². The summed E-state index contributed by atoms with van der Waals surface area (Å²) >= 11 is 0. The van der Waals surface area contributed by atoms with Gasteiger partial charge in [0, 0.05) is 37.6 Å². The molecule has 4 nitrogen and oxygen atoms in total. The number of anilines is 2. The first-order valence-electron chi connectivity index (χ1n) is 8.51. The van der Waals surface area contributed by atoms with Gasteiger partial charge < -0.3 is 15.5 Å². The monoisotopic (exact) mass is 395 g/mol. The fourth-order valence-corrected chi connectivity index (χ4v) is 3.40. The Hall–Kier alpha value is -1.91. The third-order valence-electron chi connectivity index (χ3n) is 4.80. The molecule has 0 saturated heterocycles. The van der Waals surface area contributed by atoms with E-state index in [1.807, 2.05) is 35.2 Å². The highest BCUT2D eigenvalue weighted by Gasteiger charge is 2.28. The Bertz CT molecular complexity index is 721. The van der Waals surface area contributed by atoms with Gasteiger partial charge >= 0.3 is 0 Å². The third-order valence-corrected chi connectivity index (χ3v) is 4.80. The van der Waals surface area contributed by atoms with E-state index in [2.05, 4.69) is 37.1 Å². The number of likely N-dealkylation sites (N-methyl/N-ethyl adjacent to an activating group) is 1. The van der Waals surface area contributed by atoms with Gasteiger partial charge in [0.05, 0.1) is 6.42 Å². The van der Waals surface area contributed by atoms with Crippen LogP contribution in [0, 0.1) is 0 Å². The van der Waals surface area contributed by atoms with E-state index in [1.54, 1.807) is 0 Å². The quantitative estimate of drug-likeness (QED) is 0.801. The predicted molar refractivity (Wildman–Crippen MR) is 113 cm³/mol. The van der Waals surface area contributed by atoms with Gasteiger partial charge in [-0.05, 0) is 35.7 Å². The lowest BCUT2D eigenvalue weighted by molar-refractivity contribution is -0.133. The zero-order valence-corrected chi connectivity index (χ0v) is 16.9. The molecule has 1 amide bonds. The van der Waals surface area contributed by atoms with Crippen molar-refractivity contribution in [1.29, 1.82) is 0 Å². The number of fused-ring (bicyclic) bond motifs is 1. The Morgan fingerprint density at radius 2 is 1.77 bits per heavy atom. The summed E-state index contributed by atoms with van der Waals surface area (Å²) in [5.41, 5.74) is 9.90. The molecule has 0 aliphatic carbocycles. The zero-order chi connectivity index (χ0) is 17.1. The van der Waals surface area contributed by atoms with Gasteiger partial charge in [0.15, 0.2) is 0 Å². The maximum absolute atomic E-state index is 13.0. The van der Waals surface area contributed by atoms with Crippen LogP contribution in [-0.4, -0.2) is 30.4 Å². The molecule has 1 heterocycles. The molecule has 1 unspecified atom stereocenters. The number of amides is 1. The number of halogens is 2. The first kappa shape index (κ1) is 22.1. The molecule has 142 valence electrons. The van der Waals surface area contributed by atoms with Gasteiger partial charge in [0.25, 0.3) is 0 Å². The number of carbonyl (C=O) groups excluding carboxylic acids is 1. The third kappa shape index (κ3) is 4.83. The van der Waals surface area contributed by atoms with E-state index in [9.17, 15) is 4.79 Å². The largest absolute Gasteiger partial charge is 0.399 e. The number of carbonyl (C=O) groups is 1. The standard InChI is InChI=1S/C20H25N3O.2ClH/c1-3-18-14-22(2)19-7-5-4-6-16(19)13-23(18)20(24)12-15-8-10-17(21)11-9-15;;/h4-11,18H,3,12-14,21H2,1-2H3;2*1H. The highest BCUT2D eigenvalue weighted by atomic mass is 35.5. The summed E-state index contributed by atoms with van der Waals surface area (Å²) in [6.07, 6.45) is 1.37. The summed E-state index contributed by atoms with van der Waals surface area (Å²) in [5, 5.41) is 0. The molecule has 6 heteroatoms. The van der Waals surface area contributed by atoms with Crippen LogP contribution in [0.25, 0.3) is 0 Å². The molecule has 3 rings (SSSR count). The lowest BCUT2D eigenvalue weighted by atomic mass is 10.1. The van der Waals surface area contributed by atoms with Gasteiger partial charge in [-0.15, -0.1) is 24.8 Å². The van der Waals surface area contributed by atoms with Crippen molar-refractivity contribution >= 4 is 42.1 Å². The Morgan fingerprint density at radius 1 is 1.12 bits per heavy atom. The Morgan fingerprint density at radius 3 is 2.42 bits per heavy atom. The molecule has 0 spiro atoms. The normalized spacial score (nSPS) is 16.0. The molecule has 1 aliphatic heterocycles. The van der Waals surface area contributed by atoms with Gasteiger partial charge in [-0.2, -0.15) is 0 Å². The van der Waals surface area contributed by atoms with Crippen molar-refractivity contribution in [2.75, 3.05) is 24.2 Å². The average molecular weight is 396 g/mol. The topological polar surface area (TPSA) is 49.6 Å². The van der Waals surface area contributed by atoms with Crippen molar-refractivity contribution < 1.29 is 4.79 Å². The molecule has 26 heavy (non-hydrogen) atoms. The highest BCUT2D eigenvalue weighted by molar-refractivity contribution is 5.85. The Balaban J connectivity index is 0.00000169. The molecule has 1 aliphatic rings. The van der Waals surface area contributed by atoms with Crippen LogP contribution >= 0.6 is 24.8 Å². The fraction of sp³-hybridized carbons (Fsp3) is 0.350. The second kappa shape index (κ2) is 9.70. The summed E-state index contributed by atoms with van der Waals surface area (Å²) in [7, 11) is 2.11. The molecule has 0 radical (unpaired) electrons. The van der Waals surface area contributed by atoms with Crippen LogP contribution in [0.2, 0.25) is 0 Å². The summed E-state index contributed by atoms with van der Waals surface area (Å²) < 4.78 is 0. The number of benzene rings is 2. The van der Waals surface area contributed by atoms with Crippen LogP contribution in [0.1, 0.15) is 24.5 Å². The zero-order valence-electron chi connectivity index (χ0n) is 15.2. The number of nitrogens with two attached hydrogens (primary N) is 1. The SMILES string of the molecule is CCC1CN(C)c2ccccc2CN1C(=O)Cc1ccc(N)cc1.Cl.Cl. The molecule has 2 aromatic carbocycles. The molecule has 0 saturated carbocycles. The van der Waals surface area contributed by atoms with Gasteiger partial charge in [-0.3, -0.25) is 4.79 Å². The van der Waals surface area contributed by atoms with Gasteiger partial charge in [0.2, 0.25) is 5.91 Å². The Labute approximate surface area is 168 Å². The molecular weight excluding hydrogens is 369 g/mol. The van der Waals surface area contributed by atoms with Crippen LogP contribution in [0.3, 0.4) is 0 Å². The maximum atomic E-state index is 13.0. The summed E-state index contributed by atoms with van der Waals surface area (Å²) in [5.74, 6) is 0.178. The van der Waals surface area contributed by atoms with E-state index in [0.717, 1.165) is 24.2 Å². The van der Waals surface area contributed by atoms with Crippen LogP contribution in [-0.2, 0) is 17.8 Å². The minimum atomic E-state index is 0. The van der Waals surface area contributed by atoms with Crippen molar-refractivity contribution in [3.05, 3.63) is 59.7 Å². The molecule has 0 aromatic heterocycles. The molecule has 2 aromatic rings. The van der Waals surface area contributed by atoms with Crippen molar-refractivity contribution in [3.8, 4) is 0 Å². The second-order valence-electron chi connectivity index (χ2n) is 6.51. The van der Waals surface area contributed by atoms with E-state index in [0.29, 0.717) is 13.0 Å². The van der Waals surface area contributed by atoms with Crippen LogP contribution in [0.15, 0.2) is 48.5 Å². The number of para-hydroxylation sites is 1. The minimum absolute atomic E-state index is 0. The smallest absolute Gasteiger partial charge is 0.227 e. The van der Waals surface area contributed by atoms with Gasteiger partial charge in [0.1, 0.15) is 0 Å². The summed E-state index contributed by atoms with van der Waals surface area (Å²) in [6, 6.07) is 16.2. The van der Waals surface area contributed by atoms with Crippen molar-refractivity contribution in [2.24, 2.45) is 0 Å². The molecule has 2 N–H and O–H groups in total. The molecular formula is C20H27Cl2N3O. The average Bonchev–Trinajstić information content (AvgIpc) is 2.74. The van der Waals surface area contributed by atoms with Crippen molar-refractivity contribution in [2.45, 2.75) is 32.4 Å². The van der Waals surface area contributed by atoms with E-state index in [1.165, 1.54) is 11.3 Å². The number of nitrogen functional groups attached to an aromatic ring is 1. The first-order chi connectivity index (χ1) is 11.6. The van der Waals surface area contributed by atoms with E-state index >= 15 is 0 Å². The fourth-order valence-electron chi connectivity index (χ4n) is 3.40. The number of hydrogen-bond acceptors (Lipinski definition) is 3. The molecule has 1 atom stereocenters. The Kier molecular flexibility index (Phi) is 8.25. The number of hydrogen-bond donors (Lipinski definition) is 1. The van der Waals surface area contributed by atoms with Crippen LogP contribution in [0.5, 0.6) is 0 Å². The lowest BCUT2D eigenvalue weighted by Gasteiger charge is -2.31. The summed E-state index contributed by atoms with van der Waals surface area (Å²) in [6.45, 7) is 3.69. The lowest BCUT2D eigenvalue weighted by Crippen LogP contribution is -2.44. The van der Waals surface area contributed by atoms with E-state index in [-0.39, 0.29) is 36.8 Å². The van der Waals surface area contributed by atoms with Crippen molar-refractivity contribution in [1.82, 2.24) is 4.90 Å². The van der Waals surface area contributed by atoms with Crippen LogP contribution < -0.4 is 10.6 Å². The van der Waals surface area contributed by atoms with Crippen LogP contribution in [0.4, 0.5) is 11.4 Å². The van der Waals surface area contributed by atoms with Gasteiger partial charge in [-0.1, -0.05) is 37.3 Å².